The number of hydrogen-bond donors (Lipinski definition) is 5. The number of aliphatic hydroxyl groups is 1. The normalized spacial score (nSPS) is 35.2. The summed E-state index contributed by atoms with van der Waals surface area (Å²) < 4.78 is 61.6. The summed E-state index contributed by atoms with van der Waals surface area (Å²) in [4.78, 5) is 56.6. The highest BCUT2D eigenvalue weighted by atomic mass is 19.1. The standard InChI is InChI=1S/C38H47F2NO15/c1-34(2)55-30-17-22-23-16-25(39)24-15-21(42)9-10-35(24,3)37(23,40)28(44)18-36(22,4)38(30,56-34)29(45)19-52-33(48)54-27-14-20(13-26(43)31(27)46)32(47)51-11-7-5-6-8-12-53-41(49)50/h9-10,13-15,22-23,25,28,30,43-44,46,49-50H,5-8,11-12,16-19H2,1-4H3/t22?,23?,25-,28-,30+,35-,36-,37-,38+/m0/s1. The van der Waals surface area contributed by atoms with E-state index in [0.717, 1.165) is 18.2 Å². The molecule has 1 aromatic rings. The van der Waals surface area contributed by atoms with Crippen LogP contribution in [0.1, 0.15) is 83.0 Å². The fraction of sp³-hybridized carbons (Fsp3) is 0.632. The van der Waals surface area contributed by atoms with Gasteiger partial charge in [0, 0.05) is 16.7 Å². The lowest BCUT2D eigenvalue weighted by Gasteiger charge is -2.63. The number of fused-ring (bicyclic) bond motifs is 7. The fourth-order valence-corrected chi connectivity index (χ4v) is 9.89. The van der Waals surface area contributed by atoms with Crippen molar-refractivity contribution in [1.82, 2.24) is 5.39 Å². The summed E-state index contributed by atoms with van der Waals surface area (Å²) in [6.07, 6.45) is -0.864. The van der Waals surface area contributed by atoms with Gasteiger partial charge in [0.1, 0.15) is 6.17 Å². The minimum Gasteiger partial charge on any atom is -0.504 e. The van der Waals surface area contributed by atoms with Crippen LogP contribution in [0.3, 0.4) is 0 Å². The number of Topliss-reactive ketones (excluding diaryl/α,β-unsaturated/α-hetero) is 1. The highest BCUT2D eigenvalue weighted by Gasteiger charge is 2.80. The lowest BCUT2D eigenvalue weighted by molar-refractivity contribution is -0.492. The van der Waals surface area contributed by atoms with Gasteiger partial charge in [-0.1, -0.05) is 19.4 Å². The second kappa shape index (κ2) is 15.0. The monoisotopic (exact) mass is 795 g/mol. The summed E-state index contributed by atoms with van der Waals surface area (Å²) in [5, 5.41) is 49.0. The molecule has 56 heavy (non-hydrogen) atoms. The molecule has 5 aliphatic rings. The Morgan fingerprint density at radius 1 is 0.982 bits per heavy atom. The minimum atomic E-state index is -2.42. The van der Waals surface area contributed by atoms with Crippen LogP contribution in [-0.2, 0) is 33.4 Å². The van der Waals surface area contributed by atoms with E-state index in [2.05, 4.69) is 4.84 Å². The molecule has 4 fully saturated rings. The van der Waals surface area contributed by atoms with Crippen LogP contribution in [-0.4, -0.2) is 110 Å². The second-order valence-corrected chi connectivity index (χ2v) is 16.0. The van der Waals surface area contributed by atoms with Crippen LogP contribution in [0.5, 0.6) is 17.2 Å². The molecule has 3 saturated carbocycles. The number of nitrogens with zero attached hydrogens (tertiary/aromatic N) is 1. The maximum atomic E-state index is 17.7. The van der Waals surface area contributed by atoms with E-state index in [-0.39, 0.29) is 49.0 Å². The molecule has 16 nitrogen and oxygen atoms in total. The number of carbonyl (C=O) groups excluding carboxylic acids is 4. The minimum absolute atomic E-state index is 0.0210. The molecule has 18 heteroatoms. The average Bonchev–Trinajstić information content (AvgIpc) is 3.53. The quantitative estimate of drug-likeness (QED) is 0.0598. The van der Waals surface area contributed by atoms with Crippen LogP contribution in [0.4, 0.5) is 13.6 Å². The third kappa shape index (κ3) is 6.88. The highest BCUT2D eigenvalue weighted by molar-refractivity contribution is 6.01. The topological polar surface area (TPSA) is 228 Å². The summed E-state index contributed by atoms with van der Waals surface area (Å²) in [5.41, 5.74) is -7.66. The molecule has 308 valence electrons. The third-order valence-electron chi connectivity index (χ3n) is 12.3. The van der Waals surface area contributed by atoms with Crippen molar-refractivity contribution in [2.24, 2.45) is 22.7 Å². The zero-order chi connectivity index (χ0) is 41.0. The first-order valence-electron chi connectivity index (χ1n) is 18.5. The number of esters is 1. The van der Waals surface area contributed by atoms with E-state index >= 15 is 8.78 Å². The molecule has 5 N–H and O–H groups in total. The lowest BCUT2D eigenvalue weighted by Crippen LogP contribution is -2.71. The molecular weight excluding hydrogens is 748 g/mol. The van der Waals surface area contributed by atoms with Gasteiger partial charge in [0.05, 0.1) is 36.4 Å². The Morgan fingerprint density at radius 2 is 1.68 bits per heavy atom. The van der Waals surface area contributed by atoms with Gasteiger partial charge < -0.3 is 39.0 Å². The van der Waals surface area contributed by atoms with Gasteiger partial charge in [0.15, 0.2) is 40.9 Å². The smallest absolute Gasteiger partial charge is 0.504 e. The number of hydrogen-bond acceptors (Lipinski definition) is 16. The largest absolute Gasteiger partial charge is 0.514 e. The summed E-state index contributed by atoms with van der Waals surface area (Å²) in [6.45, 7) is 5.32. The first kappa shape index (κ1) is 41.6. The van der Waals surface area contributed by atoms with Gasteiger partial charge in [-0.25, -0.2) is 18.4 Å². The number of ketones is 2. The summed E-state index contributed by atoms with van der Waals surface area (Å²) in [6, 6.07) is 1.82. The number of phenolic OH excluding ortho intramolecular Hbond substituents is 2. The molecule has 9 atom stereocenters. The van der Waals surface area contributed by atoms with E-state index in [1.165, 1.54) is 19.1 Å². The highest BCUT2D eigenvalue weighted by Crippen LogP contribution is 2.72. The summed E-state index contributed by atoms with van der Waals surface area (Å²) in [7, 11) is 0. The van der Waals surface area contributed by atoms with Crippen LogP contribution >= 0.6 is 0 Å². The van der Waals surface area contributed by atoms with Gasteiger partial charge in [0.2, 0.25) is 11.5 Å². The van der Waals surface area contributed by atoms with Gasteiger partial charge in [-0.2, -0.15) is 0 Å². The predicted molar refractivity (Wildman–Crippen MR) is 184 cm³/mol. The van der Waals surface area contributed by atoms with Crippen molar-refractivity contribution in [3.63, 3.8) is 0 Å². The number of aliphatic hydroxyl groups excluding tert-OH is 1. The third-order valence-corrected chi connectivity index (χ3v) is 12.3. The Morgan fingerprint density at radius 3 is 2.38 bits per heavy atom. The molecule has 2 unspecified atom stereocenters. The predicted octanol–water partition coefficient (Wildman–Crippen LogP) is 4.73. The number of ether oxygens (including phenoxy) is 5. The molecule has 4 aliphatic carbocycles. The van der Waals surface area contributed by atoms with Crippen LogP contribution < -0.4 is 4.74 Å². The molecule has 1 aliphatic heterocycles. The van der Waals surface area contributed by atoms with Gasteiger partial charge in [-0.15, -0.1) is 0 Å². The Kier molecular flexibility index (Phi) is 11.2. The number of phenols is 2. The molecule has 0 spiro atoms. The van der Waals surface area contributed by atoms with E-state index in [1.54, 1.807) is 20.8 Å². The van der Waals surface area contributed by atoms with Crippen LogP contribution in [0, 0.1) is 22.7 Å². The molecule has 0 bridgehead atoms. The molecule has 0 aromatic heterocycles. The zero-order valence-corrected chi connectivity index (χ0v) is 31.4. The molecule has 1 saturated heterocycles. The van der Waals surface area contributed by atoms with Crippen molar-refractivity contribution in [2.75, 3.05) is 19.8 Å². The van der Waals surface area contributed by atoms with E-state index in [9.17, 15) is 34.5 Å². The van der Waals surface area contributed by atoms with Crippen molar-refractivity contribution < 1.29 is 82.2 Å². The number of unbranched alkanes of at least 4 members (excludes halogenated alkanes) is 3. The van der Waals surface area contributed by atoms with Crippen molar-refractivity contribution in [3.05, 3.63) is 41.5 Å². The van der Waals surface area contributed by atoms with E-state index in [4.69, 9.17) is 34.1 Å². The van der Waals surface area contributed by atoms with Crippen LogP contribution in [0.2, 0.25) is 0 Å². The zero-order valence-electron chi connectivity index (χ0n) is 31.4. The first-order valence-corrected chi connectivity index (χ1v) is 18.5. The lowest BCUT2D eigenvalue weighted by atomic mass is 9.44. The van der Waals surface area contributed by atoms with E-state index in [1.807, 2.05) is 0 Å². The number of carbonyl (C=O) groups is 4. The van der Waals surface area contributed by atoms with Crippen molar-refractivity contribution in [3.8, 4) is 17.2 Å². The molecule has 1 heterocycles. The van der Waals surface area contributed by atoms with Crippen molar-refractivity contribution in [1.29, 1.82) is 0 Å². The molecule has 0 radical (unpaired) electrons. The number of halogens is 2. The fourth-order valence-electron chi connectivity index (χ4n) is 9.89. The summed E-state index contributed by atoms with van der Waals surface area (Å²) in [5.74, 6) is -7.87. The Balaban J connectivity index is 1.14. The van der Waals surface area contributed by atoms with Gasteiger partial charge in [0.25, 0.3) is 0 Å². The number of aromatic hydroxyl groups is 2. The molecule has 0 amide bonds. The Hall–Kier alpha value is -4.04. The number of allylic oxidation sites excluding steroid dienone is 4. The maximum absolute atomic E-state index is 17.7. The van der Waals surface area contributed by atoms with E-state index in [0.29, 0.717) is 25.7 Å². The molecule has 1 aromatic carbocycles. The van der Waals surface area contributed by atoms with Gasteiger partial charge in [-0.05, 0) is 95.1 Å². The van der Waals surface area contributed by atoms with Crippen molar-refractivity contribution in [2.45, 2.75) is 108 Å². The van der Waals surface area contributed by atoms with Gasteiger partial charge in [-0.3, -0.25) is 24.8 Å². The van der Waals surface area contributed by atoms with Crippen LogP contribution in [0.15, 0.2) is 35.9 Å². The summed E-state index contributed by atoms with van der Waals surface area (Å²) >= 11 is 0. The van der Waals surface area contributed by atoms with Gasteiger partial charge >= 0.3 is 12.1 Å². The van der Waals surface area contributed by atoms with Crippen molar-refractivity contribution >= 4 is 23.7 Å². The SMILES string of the molecule is CC1(C)O[C@@H]2CC3C4C[C@H](F)C5=CC(=O)C=C[C@]5(C)[C@@]4(F)[C@@H](O)C[C@]3(C)[C@]2(C(=O)COC(=O)Oc2cc(C(=O)OCCCCCCON(O)O)cc(O)c2O)O1. The average molecular weight is 796 g/mol. The van der Waals surface area contributed by atoms with Crippen LogP contribution in [0.25, 0.3) is 0 Å². The Bertz CT molecular complexity index is 1820. The number of benzene rings is 1. The first-order chi connectivity index (χ1) is 26.2. The molecular formula is C38H47F2NO15. The second-order valence-electron chi connectivity index (χ2n) is 16.0. The number of rotatable bonds is 13. The Labute approximate surface area is 320 Å². The molecule has 6 rings (SSSR count). The maximum Gasteiger partial charge on any atom is 0.514 e. The number of alkyl halides is 2. The van der Waals surface area contributed by atoms with E-state index < -0.39 is 106 Å².